The van der Waals surface area contributed by atoms with Crippen LogP contribution in [0.3, 0.4) is 0 Å². The van der Waals surface area contributed by atoms with Gasteiger partial charge in [-0.15, -0.1) is 0 Å². The molecule has 0 unspecified atom stereocenters. The van der Waals surface area contributed by atoms with Crippen molar-refractivity contribution < 1.29 is 9.90 Å². The number of halogens is 1. The minimum Gasteiger partial charge on any atom is -0.481 e. The monoisotopic (exact) mass is 360 g/mol. The van der Waals surface area contributed by atoms with E-state index in [0.29, 0.717) is 43.4 Å². The molecular formula is C18H21ClN4O2. The van der Waals surface area contributed by atoms with E-state index in [2.05, 4.69) is 20.2 Å². The van der Waals surface area contributed by atoms with Crippen LogP contribution >= 0.6 is 11.6 Å². The van der Waals surface area contributed by atoms with Crippen LogP contribution in [-0.2, 0) is 11.3 Å². The Balaban J connectivity index is 1.69. The second-order valence-electron chi connectivity index (χ2n) is 6.24. The smallest absolute Gasteiger partial charge is 0.306 e. The Morgan fingerprint density at radius 3 is 2.72 bits per heavy atom. The molecule has 3 rings (SSSR count). The Bertz CT molecular complexity index is 760. The molecule has 6 nitrogen and oxygen atoms in total. The summed E-state index contributed by atoms with van der Waals surface area (Å²) in [7, 11) is 0. The summed E-state index contributed by atoms with van der Waals surface area (Å²) in [5, 5.41) is 13.0. The SMILES string of the molecule is Cc1cc(N2CCC(C(=O)O)CC2)nc(NCc2ccccc2Cl)n1. The van der Waals surface area contributed by atoms with E-state index >= 15 is 0 Å². The minimum atomic E-state index is -0.708. The van der Waals surface area contributed by atoms with Gasteiger partial charge in [0.1, 0.15) is 5.82 Å². The Hall–Kier alpha value is -2.34. The number of carboxylic acid groups (broad SMARTS) is 1. The molecule has 132 valence electrons. The Morgan fingerprint density at radius 1 is 1.32 bits per heavy atom. The van der Waals surface area contributed by atoms with Crippen LogP contribution in [0.1, 0.15) is 24.1 Å². The predicted octanol–water partition coefficient (Wildman–Crippen LogP) is 3.35. The number of hydrogen-bond acceptors (Lipinski definition) is 5. The van der Waals surface area contributed by atoms with Crippen molar-refractivity contribution in [3.8, 4) is 0 Å². The highest BCUT2D eigenvalue weighted by molar-refractivity contribution is 6.31. The lowest BCUT2D eigenvalue weighted by molar-refractivity contribution is -0.142. The van der Waals surface area contributed by atoms with Crippen molar-refractivity contribution in [2.45, 2.75) is 26.3 Å². The fourth-order valence-corrected chi connectivity index (χ4v) is 3.17. The van der Waals surface area contributed by atoms with Gasteiger partial charge in [0, 0.05) is 36.4 Å². The first kappa shape index (κ1) is 17.5. The summed E-state index contributed by atoms with van der Waals surface area (Å²) in [5.41, 5.74) is 1.85. The summed E-state index contributed by atoms with van der Waals surface area (Å²) in [5.74, 6) is 0.422. The van der Waals surface area contributed by atoms with Crippen LogP contribution in [0, 0.1) is 12.8 Å². The van der Waals surface area contributed by atoms with Crippen molar-refractivity contribution in [1.82, 2.24) is 9.97 Å². The molecule has 0 saturated carbocycles. The maximum Gasteiger partial charge on any atom is 0.306 e. The average molecular weight is 361 g/mol. The number of aliphatic carboxylic acids is 1. The molecule has 7 heteroatoms. The Kier molecular flexibility index (Phi) is 5.38. The summed E-state index contributed by atoms with van der Waals surface area (Å²) in [6, 6.07) is 9.59. The molecule has 0 atom stereocenters. The highest BCUT2D eigenvalue weighted by Crippen LogP contribution is 2.24. The topological polar surface area (TPSA) is 78.4 Å². The number of piperidine rings is 1. The quantitative estimate of drug-likeness (QED) is 0.851. The van der Waals surface area contributed by atoms with Gasteiger partial charge in [-0.1, -0.05) is 29.8 Å². The first-order valence-corrected chi connectivity index (χ1v) is 8.71. The zero-order valence-corrected chi connectivity index (χ0v) is 14.8. The third-order valence-corrected chi connectivity index (χ3v) is 4.77. The van der Waals surface area contributed by atoms with Crippen LogP contribution in [0.15, 0.2) is 30.3 Å². The fourth-order valence-electron chi connectivity index (χ4n) is 2.96. The van der Waals surface area contributed by atoms with Gasteiger partial charge < -0.3 is 15.3 Å². The number of aromatic nitrogens is 2. The number of anilines is 2. The highest BCUT2D eigenvalue weighted by Gasteiger charge is 2.25. The largest absolute Gasteiger partial charge is 0.481 e. The normalized spacial score (nSPS) is 15.2. The molecule has 1 fully saturated rings. The van der Waals surface area contributed by atoms with Crippen molar-refractivity contribution in [1.29, 1.82) is 0 Å². The molecule has 2 N–H and O–H groups in total. The molecule has 0 aliphatic carbocycles. The lowest BCUT2D eigenvalue weighted by Gasteiger charge is -2.31. The van der Waals surface area contributed by atoms with Crippen LogP contribution in [0.2, 0.25) is 5.02 Å². The molecule has 2 aromatic rings. The first-order valence-electron chi connectivity index (χ1n) is 8.33. The van der Waals surface area contributed by atoms with Crippen LogP contribution in [-0.4, -0.2) is 34.1 Å². The molecule has 1 aromatic heterocycles. The number of rotatable bonds is 5. The number of aryl methyl sites for hydroxylation is 1. The minimum absolute atomic E-state index is 0.253. The number of nitrogens with zero attached hydrogens (tertiary/aromatic N) is 3. The van der Waals surface area contributed by atoms with Crippen LogP contribution in [0.5, 0.6) is 0 Å². The molecule has 1 aliphatic heterocycles. The molecular weight excluding hydrogens is 340 g/mol. The fraction of sp³-hybridized carbons (Fsp3) is 0.389. The van der Waals surface area contributed by atoms with Gasteiger partial charge in [-0.25, -0.2) is 4.98 Å². The lowest BCUT2D eigenvalue weighted by Crippen LogP contribution is -2.37. The van der Waals surface area contributed by atoms with Gasteiger partial charge in [-0.2, -0.15) is 4.98 Å². The zero-order valence-electron chi connectivity index (χ0n) is 14.1. The predicted molar refractivity (Wildman–Crippen MR) is 98.1 cm³/mol. The van der Waals surface area contributed by atoms with Crippen LogP contribution in [0.25, 0.3) is 0 Å². The maximum absolute atomic E-state index is 11.1. The van der Waals surface area contributed by atoms with E-state index in [-0.39, 0.29) is 5.92 Å². The number of benzene rings is 1. The van der Waals surface area contributed by atoms with Gasteiger partial charge in [0.15, 0.2) is 0 Å². The maximum atomic E-state index is 11.1. The summed E-state index contributed by atoms with van der Waals surface area (Å²) in [4.78, 5) is 22.2. The van der Waals surface area contributed by atoms with Gasteiger partial charge in [-0.3, -0.25) is 4.79 Å². The third kappa shape index (κ3) is 4.39. The number of carbonyl (C=O) groups is 1. The summed E-state index contributed by atoms with van der Waals surface area (Å²) < 4.78 is 0. The van der Waals surface area contributed by atoms with E-state index in [4.69, 9.17) is 16.7 Å². The van der Waals surface area contributed by atoms with E-state index < -0.39 is 5.97 Å². The Labute approximate surface area is 151 Å². The lowest BCUT2D eigenvalue weighted by atomic mass is 9.97. The van der Waals surface area contributed by atoms with E-state index in [1.54, 1.807) is 0 Å². The molecule has 0 spiro atoms. The van der Waals surface area contributed by atoms with Crippen molar-refractivity contribution in [3.63, 3.8) is 0 Å². The standard InChI is InChI=1S/C18H21ClN4O2/c1-12-10-16(23-8-6-13(7-9-23)17(24)25)22-18(21-12)20-11-14-4-2-3-5-15(14)19/h2-5,10,13H,6-9,11H2,1H3,(H,24,25)(H,20,21,22). The van der Waals surface area contributed by atoms with Gasteiger partial charge in [0.2, 0.25) is 5.95 Å². The van der Waals surface area contributed by atoms with E-state index in [1.807, 2.05) is 37.3 Å². The Morgan fingerprint density at radius 2 is 2.04 bits per heavy atom. The van der Waals surface area contributed by atoms with Crippen molar-refractivity contribution in [2.75, 3.05) is 23.3 Å². The molecule has 25 heavy (non-hydrogen) atoms. The summed E-state index contributed by atoms with van der Waals surface area (Å²) in [6.07, 6.45) is 1.28. The molecule has 1 aromatic carbocycles. The summed E-state index contributed by atoms with van der Waals surface area (Å²) in [6.45, 7) is 3.86. The van der Waals surface area contributed by atoms with Crippen molar-refractivity contribution in [2.24, 2.45) is 5.92 Å². The summed E-state index contributed by atoms with van der Waals surface area (Å²) >= 11 is 6.18. The van der Waals surface area contributed by atoms with E-state index in [0.717, 1.165) is 17.1 Å². The van der Waals surface area contributed by atoms with Crippen LogP contribution in [0.4, 0.5) is 11.8 Å². The molecule has 1 aliphatic rings. The average Bonchev–Trinajstić information content (AvgIpc) is 2.60. The second kappa shape index (κ2) is 7.70. The van der Waals surface area contributed by atoms with E-state index in [1.165, 1.54) is 0 Å². The second-order valence-corrected chi connectivity index (χ2v) is 6.64. The number of carboxylic acids is 1. The third-order valence-electron chi connectivity index (χ3n) is 4.40. The van der Waals surface area contributed by atoms with Gasteiger partial charge in [0.25, 0.3) is 0 Å². The molecule has 0 amide bonds. The molecule has 0 bridgehead atoms. The highest BCUT2D eigenvalue weighted by atomic mass is 35.5. The van der Waals surface area contributed by atoms with Crippen molar-refractivity contribution >= 4 is 29.3 Å². The van der Waals surface area contributed by atoms with Gasteiger partial charge in [0.05, 0.1) is 5.92 Å². The van der Waals surface area contributed by atoms with E-state index in [9.17, 15) is 4.79 Å². The van der Waals surface area contributed by atoms with Crippen LogP contribution < -0.4 is 10.2 Å². The molecule has 2 heterocycles. The molecule has 1 saturated heterocycles. The zero-order chi connectivity index (χ0) is 17.8. The molecule has 0 radical (unpaired) electrons. The van der Waals surface area contributed by atoms with Gasteiger partial charge >= 0.3 is 5.97 Å². The van der Waals surface area contributed by atoms with Crippen molar-refractivity contribution in [3.05, 3.63) is 46.6 Å². The van der Waals surface area contributed by atoms with Gasteiger partial charge in [-0.05, 0) is 31.4 Å². The number of hydrogen-bond donors (Lipinski definition) is 2. The number of nitrogens with one attached hydrogen (secondary N) is 1. The first-order chi connectivity index (χ1) is 12.0.